The molecule has 0 bridgehead atoms. The fraction of sp³-hybridized carbons (Fsp3) is 0.467. The van der Waals surface area contributed by atoms with E-state index in [0.29, 0.717) is 18.4 Å². The Labute approximate surface area is 117 Å². The predicted molar refractivity (Wildman–Crippen MR) is 71.4 cm³/mol. The molecular weight excluding hydrogens is 261 g/mol. The normalized spacial score (nSPS) is 22.8. The molecule has 0 radical (unpaired) electrons. The molecule has 20 heavy (non-hydrogen) atoms. The zero-order chi connectivity index (χ0) is 14.9. The maximum Gasteiger partial charge on any atom is 0.307 e. The van der Waals surface area contributed by atoms with E-state index in [1.807, 2.05) is 0 Å². The van der Waals surface area contributed by atoms with Crippen molar-refractivity contribution in [2.75, 3.05) is 7.05 Å². The molecule has 0 aliphatic heterocycles. The van der Waals surface area contributed by atoms with Crippen molar-refractivity contribution in [3.8, 4) is 0 Å². The molecule has 0 aromatic heterocycles. The van der Waals surface area contributed by atoms with Gasteiger partial charge in [0.25, 0.3) is 0 Å². The first-order valence-corrected chi connectivity index (χ1v) is 6.67. The van der Waals surface area contributed by atoms with Gasteiger partial charge in [-0.25, -0.2) is 4.39 Å². The van der Waals surface area contributed by atoms with Crippen LogP contribution in [0.1, 0.15) is 31.4 Å². The van der Waals surface area contributed by atoms with Gasteiger partial charge in [-0.05, 0) is 25.8 Å². The van der Waals surface area contributed by atoms with Crippen LogP contribution in [0.5, 0.6) is 0 Å². The SMILES string of the molecule is CC(c1ccccc1F)N(C)C(=O)C1CCC1C(=O)O. The number of carboxylic acid groups (broad SMARTS) is 1. The molecule has 1 N–H and O–H groups in total. The average Bonchev–Trinajstić information content (AvgIpc) is 2.35. The number of benzene rings is 1. The third-order valence-electron chi connectivity index (χ3n) is 4.19. The summed E-state index contributed by atoms with van der Waals surface area (Å²) in [5.41, 5.74) is 0.439. The largest absolute Gasteiger partial charge is 0.481 e. The summed E-state index contributed by atoms with van der Waals surface area (Å²) < 4.78 is 13.7. The molecule has 108 valence electrons. The van der Waals surface area contributed by atoms with Gasteiger partial charge in [0.2, 0.25) is 5.91 Å². The van der Waals surface area contributed by atoms with E-state index >= 15 is 0 Å². The number of halogens is 1. The standard InChI is InChI=1S/C15H18FNO3/c1-9(10-5-3-4-6-13(10)16)17(2)14(18)11-7-8-12(11)15(19)20/h3-6,9,11-12H,7-8H2,1-2H3,(H,19,20). The molecule has 0 spiro atoms. The molecule has 2 rings (SSSR count). The van der Waals surface area contributed by atoms with Gasteiger partial charge >= 0.3 is 5.97 Å². The van der Waals surface area contributed by atoms with Crippen LogP contribution < -0.4 is 0 Å². The molecular formula is C15H18FNO3. The number of hydrogen-bond donors (Lipinski definition) is 1. The fourth-order valence-electron chi connectivity index (χ4n) is 2.57. The van der Waals surface area contributed by atoms with Crippen LogP contribution in [0.15, 0.2) is 24.3 Å². The van der Waals surface area contributed by atoms with Crippen LogP contribution in [0, 0.1) is 17.7 Å². The average molecular weight is 279 g/mol. The molecule has 1 aromatic carbocycles. The van der Waals surface area contributed by atoms with Gasteiger partial charge in [0, 0.05) is 12.6 Å². The molecule has 3 atom stereocenters. The molecule has 3 unspecified atom stereocenters. The van der Waals surface area contributed by atoms with E-state index in [2.05, 4.69) is 0 Å². The minimum atomic E-state index is -0.929. The first-order valence-electron chi connectivity index (χ1n) is 6.67. The number of nitrogens with zero attached hydrogens (tertiary/aromatic N) is 1. The number of carboxylic acids is 1. The van der Waals surface area contributed by atoms with Crippen LogP contribution in [0.25, 0.3) is 0 Å². The van der Waals surface area contributed by atoms with Crippen LogP contribution in [0.4, 0.5) is 4.39 Å². The van der Waals surface area contributed by atoms with Crippen LogP contribution in [-0.4, -0.2) is 28.9 Å². The molecule has 1 aliphatic rings. The second-order valence-electron chi connectivity index (χ2n) is 5.28. The third-order valence-corrected chi connectivity index (χ3v) is 4.19. The first kappa shape index (κ1) is 14.5. The molecule has 0 saturated heterocycles. The van der Waals surface area contributed by atoms with Gasteiger partial charge in [-0.15, -0.1) is 0 Å². The van der Waals surface area contributed by atoms with E-state index in [9.17, 15) is 14.0 Å². The van der Waals surface area contributed by atoms with E-state index in [-0.39, 0.29) is 11.7 Å². The van der Waals surface area contributed by atoms with Crippen molar-refractivity contribution in [1.29, 1.82) is 0 Å². The molecule has 1 amide bonds. The van der Waals surface area contributed by atoms with E-state index in [1.165, 1.54) is 11.0 Å². The number of hydrogen-bond acceptors (Lipinski definition) is 2. The summed E-state index contributed by atoms with van der Waals surface area (Å²) in [5.74, 6) is -2.59. The van der Waals surface area contributed by atoms with Crippen LogP contribution >= 0.6 is 0 Å². The Hall–Kier alpha value is -1.91. The van der Waals surface area contributed by atoms with Crippen molar-refractivity contribution < 1.29 is 19.1 Å². The predicted octanol–water partition coefficient (Wildman–Crippen LogP) is 2.46. The highest BCUT2D eigenvalue weighted by Gasteiger charge is 2.43. The zero-order valence-electron chi connectivity index (χ0n) is 11.5. The topological polar surface area (TPSA) is 57.6 Å². The lowest BCUT2D eigenvalue weighted by Gasteiger charge is -2.37. The quantitative estimate of drug-likeness (QED) is 0.921. The summed E-state index contributed by atoms with van der Waals surface area (Å²) in [5, 5.41) is 9.00. The van der Waals surface area contributed by atoms with Crippen molar-refractivity contribution in [2.24, 2.45) is 11.8 Å². The number of amides is 1. The minimum absolute atomic E-state index is 0.223. The number of rotatable bonds is 4. The number of carbonyl (C=O) groups is 2. The molecule has 1 aliphatic carbocycles. The maximum atomic E-state index is 13.7. The number of carbonyl (C=O) groups excluding carboxylic acids is 1. The molecule has 1 saturated carbocycles. The van der Waals surface area contributed by atoms with Gasteiger partial charge in [-0.1, -0.05) is 18.2 Å². The summed E-state index contributed by atoms with van der Waals surface area (Å²) in [6, 6.07) is 5.89. The Balaban J connectivity index is 2.11. The lowest BCUT2D eigenvalue weighted by molar-refractivity contribution is -0.156. The summed E-state index contributed by atoms with van der Waals surface area (Å²) in [6.45, 7) is 1.74. The number of aliphatic carboxylic acids is 1. The van der Waals surface area contributed by atoms with Crippen molar-refractivity contribution >= 4 is 11.9 Å². The third kappa shape index (κ3) is 2.53. The molecule has 5 heteroatoms. The van der Waals surface area contributed by atoms with Gasteiger partial charge in [-0.2, -0.15) is 0 Å². The van der Waals surface area contributed by atoms with Gasteiger partial charge in [0.1, 0.15) is 5.82 Å². The minimum Gasteiger partial charge on any atom is -0.481 e. The molecule has 0 heterocycles. The monoisotopic (exact) mass is 279 g/mol. The summed E-state index contributed by atoms with van der Waals surface area (Å²) in [7, 11) is 1.59. The fourth-order valence-corrected chi connectivity index (χ4v) is 2.57. The van der Waals surface area contributed by atoms with Crippen molar-refractivity contribution in [3.63, 3.8) is 0 Å². The van der Waals surface area contributed by atoms with E-state index in [1.54, 1.807) is 32.2 Å². The van der Waals surface area contributed by atoms with Crippen molar-refractivity contribution in [2.45, 2.75) is 25.8 Å². The Morgan fingerprint density at radius 3 is 2.40 bits per heavy atom. The summed E-state index contributed by atoms with van der Waals surface area (Å²) in [6.07, 6.45) is 1.12. The first-order chi connectivity index (χ1) is 9.43. The van der Waals surface area contributed by atoms with Gasteiger partial charge in [0.15, 0.2) is 0 Å². The van der Waals surface area contributed by atoms with E-state index < -0.39 is 23.8 Å². The van der Waals surface area contributed by atoms with E-state index in [0.717, 1.165) is 0 Å². The highest BCUT2D eigenvalue weighted by Crippen LogP contribution is 2.37. The Kier molecular flexibility index (Phi) is 4.06. The Bertz CT molecular complexity index is 532. The van der Waals surface area contributed by atoms with Crippen molar-refractivity contribution in [3.05, 3.63) is 35.6 Å². The smallest absolute Gasteiger partial charge is 0.307 e. The lowest BCUT2D eigenvalue weighted by atomic mass is 9.72. The second-order valence-corrected chi connectivity index (χ2v) is 5.28. The second kappa shape index (κ2) is 5.61. The molecule has 1 fully saturated rings. The van der Waals surface area contributed by atoms with Gasteiger partial charge in [0.05, 0.1) is 17.9 Å². The Morgan fingerprint density at radius 2 is 1.90 bits per heavy atom. The lowest BCUT2D eigenvalue weighted by Crippen LogP contribution is -2.45. The summed E-state index contributed by atoms with van der Waals surface area (Å²) in [4.78, 5) is 24.7. The molecule has 1 aromatic rings. The highest BCUT2D eigenvalue weighted by molar-refractivity contribution is 5.86. The van der Waals surface area contributed by atoms with Crippen molar-refractivity contribution in [1.82, 2.24) is 4.90 Å². The highest BCUT2D eigenvalue weighted by atomic mass is 19.1. The Morgan fingerprint density at radius 1 is 1.30 bits per heavy atom. The zero-order valence-corrected chi connectivity index (χ0v) is 11.5. The van der Waals surface area contributed by atoms with Crippen LogP contribution in [0.2, 0.25) is 0 Å². The molecule has 4 nitrogen and oxygen atoms in total. The van der Waals surface area contributed by atoms with E-state index in [4.69, 9.17) is 5.11 Å². The van der Waals surface area contributed by atoms with Crippen LogP contribution in [0.3, 0.4) is 0 Å². The van der Waals surface area contributed by atoms with Crippen LogP contribution in [-0.2, 0) is 9.59 Å². The maximum absolute atomic E-state index is 13.7. The van der Waals surface area contributed by atoms with Gasteiger partial charge < -0.3 is 10.0 Å². The van der Waals surface area contributed by atoms with Gasteiger partial charge in [-0.3, -0.25) is 9.59 Å². The summed E-state index contributed by atoms with van der Waals surface area (Å²) >= 11 is 0.